The Morgan fingerprint density at radius 2 is 1.03 bits per heavy atom. The lowest BCUT2D eigenvalue weighted by Gasteiger charge is -2.17. The second kappa shape index (κ2) is 24.6. The Kier molecular flexibility index (Phi) is 23.8. The van der Waals surface area contributed by atoms with Gasteiger partial charge in [-0.3, -0.25) is 9.59 Å². The molecule has 0 N–H and O–H groups in total. The molecule has 190 valence electrons. The van der Waals surface area contributed by atoms with Gasteiger partial charge in [-0.1, -0.05) is 104 Å². The van der Waals surface area contributed by atoms with Crippen molar-refractivity contribution in [1.82, 2.24) is 0 Å². The van der Waals surface area contributed by atoms with Crippen LogP contribution < -0.4 is 0 Å². The van der Waals surface area contributed by atoms with Crippen LogP contribution in [0, 0.1) is 0 Å². The molecule has 32 heavy (non-hydrogen) atoms. The number of rotatable bonds is 24. The van der Waals surface area contributed by atoms with Crippen LogP contribution >= 0.6 is 0 Å². The van der Waals surface area contributed by atoms with Crippen molar-refractivity contribution in [2.24, 2.45) is 0 Å². The summed E-state index contributed by atoms with van der Waals surface area (Å²) in [5.41, 5.74) is 0. The predicted octanol–water partition coefficient (Wildman–Crippen LogP) is 8.69. The van der Waals surface area contributed by atoms with E-state index in [1.54, 1.807) is 0 Å². The molecule has 0 saturated carbocycles. The van der Waals surface area contributed by atoms with Gasteiger partial charge in [-0.15, -0.1) is 0 Å². The summed E-state index contributed by atoms with van der Waals surface area (Å²) < 4.78 is 10.8. The topological polar surface area (TPSA) is 52.6 Å². The largest absolute Gasteiger partial charge is 0.466 e. The van der Waals surface area contributed by atoms with Crippen LogP contribution in [-0.4, -0.2) is 24.6 Å². The van der Waals surface area contributed by atoms with Crippen molar-refractivity contribution in [2.45, 2.75) is 162 Å². The van der Waals surface area contributed by atoms with Crippen LogP contribution in [0.15, 0.2) is 0 Å². The molecule has 0 aromatic heterocycles. The summed E-state index contributed by atoms with van der Waals surface area (Å²) in [5.74, 6) is -0.160. The van der Waals surface area contributed by atoms with Crippen LogP contribution in [0.4, 0.5) is 0 Å². The van der Waals surface area contributed by atoms with E-state index in [2.05, 4.69) is 13.8 Å². The monoisotopic (exact) mass is 454 g/mol. The molecular formula is C28H54O4. The van der Waals surface area contributed by atoms with Crippen LogP contribution in [0.1, 0.15) is 156 Å². The van der Waals surface area contributed by atoms with Crippen molar-refractivity contribution in [3.63, 3.8) is 0 Å². The molecule has 0 radical (unpaired) electrons. The minimum absolute atomic E-state index is 0.0180. The summed E-state index contributed by atoms with van der Waals surface area (Å²) in [7, 11) is 0. The zero-order valence-electron chi connectivity index (χ0n) is 21.8. The van der Waals surface area contributed by atoms with E-state index in [4.69, 9.17) is 9.47 Å². The van der Waals surface area contributed by atoms with Gasteiger partial charge in [-0.2, -0.15) is 0 Å². The fourth-order valence-electron chi connectivity index (χ4n) is 4.14. The normalized spacial score (nSPS) is 12.0. The first-order chi connectivity index (χ1) is 15.6. The molecule has 1 unspecified atom stereocenters. The quantitative estimate of drug-likeness (QED) is 0.108. The lowest BCUT2D eigenvalue weighted by atomic mass is 10.0. The third kappa shape index (κ3) is 23.6. The molecule has 1 atom stereocenters. The van der Waals surface area contributed by atoms with Gasteiger partial charge < -0.3 is 9.47 Å². The first kappa shape index (κ1) is 30.9. The zero-order valence-corrected chi connectivity index (χ0v) is 21.8. The highest BCUT2D eigenvalue weighted by molar-refractivity contribution is 5.69. The zero-order chi connectivity index (χ0) is 23.7. The van der Waals surface area contributed by atoms with Gasteiger partial charge in [0.15, 0.2) is 0 Å². The first-order valence-electron chi connectivity index (χ1n) is 13.9. The average Bonchev–Trinajstić information content (AvgIpc) is 2.76. The third-order valence-corrected chi connectivity index (χ3v) is 6.13. The van der Waals surface area contributed by atoms with Crippen molar-refractivity contribution < 1.29 is 19.1 Å². The molecule has 0 bridgehead atoms. The molecule has 0 rings (SSSR count). The Bertz CT molecular complexity index is 422. The van der Waals surface area contributed by atoms with Crippen molar-refractivity contribution in [3.05, 3.63) is 0 Å². The highest BCUT2D eigenvalue weighted by Crippen LogP contribution is 2.17. The van der Waals surface area contributed by atoms with Crippen molar-refractivity contribution in [2.75, 3.05) is 6.61 Å². The molecule has 0 aliphatic heterocycles. The summed E-state index contributed by atoms with van der Waals surface area (Å²) in [6.07, 6.45) is 24.4. The Morgan fingerprint density at radius 1 is 0.594 bits per heavy atom. The van der Waals surface area contributed by atoms with E-state index in [1.165, 1.54) is 96.8 Å². The van der Waals surface area contributed by atoms with Gasteiger partial charge in [0, 0.05) is 13.3 Å². The van der Waals surface area contributed by atoms with Gasteiger partial charge in [0.1, 0.15) is 6.10 Å². The van der Waals surface area contributed by atoms with Crippen molar-refractivity contribution >= 4 is 11.9 Å². The molecule has 4 heteroatoms. The lowest BCUT2D eigenvalue weighted by molar-refractivity contribution is -0.147. The van der Waals surface area contributed by atoms with Gasteiger partial charge in [-0.05, 0) is 38.5 Å². The van der Waals surface area contributed by atoms with E-state index in [9.17, 15) is 9.59 Å². The molecule has 0 aliphatic carbocycles. The van der Waals surface area contributed by atoms with Crippen molar-refractivity contribution in [3.8, 4) is 0 Å². The summed E-state index contributed by atoms with van der Waals surface area (Å²) in [6, 6.07) is 0. The standard InChI is InChI=1S/C28H54O4/c1-4-6-8-10-17-21-25-31-28(30)24-20-16-14-12-11-13-15-19-23-27(32-26(3)29)22-18-9-7-5-2/h27H,4-25H2,1-3H3. The maximum absolute atomic E-state index is 11.8. The molecule has 0 aromatic carbocycles. The van der Waals surface area contributed by atoms with Gasteiger partial charge in [0.05, 0.1) is 6.61 Å². The smallest absolute Gasteiger partial charge is 0.305 e. The second-order valence-electron chi connectivity index (χ2n) is 9.44. The molecule has 0 spiro atoms. The van der Waals surface area contributed by atoms with E-state index in [1.807, 2.05) is 0 Å². The second-order valence-corrected chi connectivity index (χ2v) is 9.44. The number of hydrogen-bond donors (Lipinski definition) is 0. The minimum atomic E-state index is -0.142. The summed E-state index contributed by atoms with van der Waals surface area (Å²) in [6.45, 7) is 6.56. The number of carbonyl (C=O) groups is 2. The van der Waals surface area contributed by atoms with Gasteiger partial charge in [0.2, 0.25) is 0 Å². The molecule has 4 nitrogen and oxygen atoms in total. The molecule has 0 aromatic rings. The van der Waals surface area contributed by atoms with E-state index < -0.39 is 0 Å². The number of unbranched alkanes of at least 4 members (excludes halogenated alkanes) is 15. The maximum Gasteiger partial charge on any atom is 0.305 e. The first-order valence-corrected chi connectivity index (χ1v) is 13.9. The van der Waals surface area contributed by atoms with Crippen LogP contribution in [-0.2, 0) is 19.1 Å². The van der Waals surface area contributed by atoms with E-state index >= 15 is 0 Å². The number of carbonyl (C=O) groups excluding carboxylic acids is 2. The molecular weight excluding hydrogens is 400 g/mol. The average molecular weight is 455 g/mol. The third-order valence-electron chi connectivity index (χ3n) is 6.13. The van der Waals surface area contributed by atoms with Gasteiger partial charge >= 0.3 is 11.9 Å². The van der Waals surface area contributed by atoms with E-state index in [0.717, 1.165) is 38.5 Å². The summed E-state index contributed by atoms with van der Waals surface area (Å²) in [5, 5.41) is 0. The Labute approximate surface area is 199 Å². The summed E-state index contributed by atoms with van der Waals surface area (Å²) in [4.78, 5) is 23.1. The summed E-state index contributed by atoms with van der Waals surface area (Å²) >= 11 is 0. The Morgan fingerprint density at radius 3 is 1.56 bits per heavy atom. The minimum Gasteiger partial charge on any atom is -0.466 e. The molecule has 0 amide bonds. The highest BCUT2D eigenvalue weighted by atomic mass is 16.5. The van der Waals surface area contributed by atoms with Crippen LogP contribution in [0.3, 0.4) is 0 Å². The van der Waals surface area contributed by atoms with Crippen LogP contribution in [0.2, 0.25) is 0 Å². The SMILES string of the molecule is CCCCCCCCOC(=O)CCCCCCCCCCC(CCCCCC)OC(C)=O. The Hall–Kier alpha value is -1.06. The van der Waals surface area contributed by atoms with Gasteiger partial charge in [-0.25, -0.2) is 0 Å². The van der Waals surface area contributed by atoms with E-state index in [-0.39, 0.29) is 18.0 Å². The predicted molar refractivity (Wildman–Crippen MR) is 135 cm³/mol. The Balaban J connectivity index is 3.47. The highest BCUT2D eigenvalue weighted by Gasteiger charge is 2.11. The van der Waals surface area contributed by atoms with E-state index in [0.29, 0.717) is 13.0 Å². The number of hydrogen-bond acceptors (Lipinski definition) is 4. The molecule has 0 heterocycles. The molecule has 0 saturated heterocycles. The number of esters is 2. The maximum atomic E-state index is 11.8. The molecule has 0 fully saturated rings. The van der Waals surface area contributed by atoms with Gasteiger partial charge in [0.25, 0.3) is 0 Å². The van der Waals surface area contributed by atoms with Crippen molar-refractivity contribution in [1.29, 1.82) is 0 Å². The fourth-order valence-corrected chi connectivity index (χ4v) is 4.14. The molecule has 0 aliphatic rings. The lowest BCUT2D eigenvalue weighted by Crippen LogP contribution is -2.16. The number of ether oxygens (including phenoxy) is 2. The van der Waals surface area contributed by atoms with Crippen LogP contribution in [0.25, 0.3) is 0 Å². The van der Waals surface area contributed by atoms with Crippen LogP contribution in [0.5, 0.6) is 0 Å². The fraction of sp³-hybridized carbons (Fsp3) is 0.929.